The van der Waals surface area contributed by atoms with Crippen LogP contribution in [0.1, 0.15) is 70.2 Å². The van der Waals surface area contributed by atoms with E-state index in [9.17, 15) is 9.59 Å². The van der Waals surface area contributed by atoms with Crippen LogP contribution in [-0.2, 0) is 14.3 Å². The Hall–Kier alpha value is -3.02. The third kappa shape index (κ3) is 6.02. The standard InChI is InChI=1S/C20H21NO5.C6H14/c1-4-17(19(22)24-3)26-13-9-10-14-16(12-13)21-11-7-6-8-15(21)18(14)20(23)25-5-2;1-3-5-6-4-2/h6-12,17H,4-5H2,1-3H3;3-6H2,1-2H3. The molecule has 3 aromatic rings. The summed E-state index contributed by atoms with van der Waals surface area (Å²) in [4.78, 5) is 24.2. The Morgan fingerprint density at radius 1 is 0.969 bits per heavy atom. The predicted octanol–water partition coefficient (Wildman–Crippen LogP) is 6.19. The van der Waals surface area contributed by atoms with Gasteiger partial charge in [0.2, 0.25) is 0 Å². The number of carbonyl (C=O) groups excluding carboxylic acids is 2. The van der Waals surface area contributed by atoms with E-state index >= 15 is 0 Å². The molecule has 0 spiro atoms. The Bertz CT molecular complexity index is 1020. The smallest absolute Gasteiger partial charge is 0.347 e. The minimum absolute atomic E-state index is 0.309. The number of unbranched alkanes of at least 4 members (excludes halogenated alkanes) is 3. The van der Waals surface area contributed by atoms with Gasteiger partial charge in [0.25, 0.3) is 0 Å². The maximum absolute atomic E-state index is 12.4. The summed E-state index contributed by atoms with van der Waals surface area (Å²) in [6.07, 6.45) is 7.23. The van der Waals surface area contributed by atoms with E-state index in [-0.39, 0.29) is 5.97 Å². The number of methoxy groups -OCH3 is 1. The lowest BCUT2D eigenvalue weighted by molar-refractivity contribution is -0.148. The third-order valence-corrected chi connectivity index (χ3v) is 5.16. The van der Waals surface area contributed by atoms with Gasteiger partial charge in [0.15, 0.2) is 6.10 Å². The van der Waals surface area contributed by atoms with E-state index in [1.165, 1.54) is 32.8 Å². The molecule has 0 bridgehead atoms. The van der Waals surface area contributed by atoms with Crippen LogP contribution in [0.25, 0.3) is 16.4 Å². The van der Waals surface area contributed by atoms with Gasteiger partial charge in [-0.05, 0) is 37.6 Å². The Balaban J connectivity index is 0.000000534. The second-order valence-electron chi connectivity index (χ2n) is 7.48. The number of hydrogen-bond donors (Lipinski definition) is 0. The molecule has 1 aromatic carbocycles. The first-order valence-electron chi connectivity index (χ1n) is 11.5. The van der Waals surface area contributed by atoms with E-state index in [4.69, 9.17) is 14.2 Å². The molecule has 32 heavy (non-hydrogen) atoms. The average Bonchev–Trinajstić information content (AvgIpc) is 3.15. The lowest BCUT2D eigenvalue weighted by Gasteiger charge is -2.15. The maximum atomic E-state index is 12.4. The molecule has 6 nitrogen and oxygen atoms in total. The van der Waals surface area contributed by atoms with Crippen LogP contribution in [0.3, 0.4) is 0 Å². The number of hydrogen-bond acceptors (Lipinski definition) is 5. The molecule has 0 radical (unpaired) electrons. The van der Waals surface area contributed by atoms with Crippen molar-refractivity contribution in [3.63, 3.8) is 0 Å². The van der Waals surface area contributed by atoms with Crippen molar-refractivity contribution in [3.8, 4) is 5.75 Å². The molecule has 1 unspecified atom stereocenters. The highest BCUT2D eigenvalue weighted by Gasteiger charge is 2.22. The van der Waals surface area contributed by atoms with Gasteiger partial charge in [-0.1, -0.05) is 52.5 Å². The molecule has 2 heterocycles. The number of carbonyl (C=O) groups is 2. The minimum Gasteiger partial charge on any atom is -0.479 e. The number of aromatic nitrogens is 1. The van der Waals surface area contributed by atoms with E-state index in [0.717, 1.165) is 16.4 Å². The summed E-state index contributed by atoms with van der Waals surface area (Å²) in [6.45, 7) is 8.40. The summed E-state index contributed by atoms with van der Waals surface area (Å²) in [6, 6.07) is 11.0. The second kappa shape index (κ2) is 12.7. The molecule has 0 fully saturated rings. The number of rotatable bonds is 9. The van der Waals surface area contributed by atoms with Crippen LogP contribution in [0, 0.1) is 0 Å². The summed E-state index contributed by atoms with van der Waals surface area (Å²) in [7, 11) is 1.34. The van der Waals surface area contributed by atoms with Crippen LogP contribution < -0.4 is 4.74 Å². The average molecular weight is 442 g/mol. The largest absolute Gasteiger partial charge is 0.479 e. The fourth-order valence-electron chi connectivity index (χ4n) is 3.50. The van der Waals surface area contributed by atoms with E-state index in [0.29, 0.717) is 24.3 Å². The van der Waals surface area contributed by atoms with E-state index in [1.54, 1.807) is 13.0 Å². The van der Waals surface area contributed by atoms with Crippen molar-refractivity contribution >= 4 is 28.4 Å². The first-order valence-corrected chi connectivity index (χ1v) is 11.5. The number of nitrogens with zero attached hydrogens (tertiary/aromatic N) is 1. The molecule has 0 N–H and O–H groups in total. The summed E-state index contributed by atoms with van der Waals surface area (Å²) in [5.74, 6) is -0.242. The number of fused-ring (bicyclic) bond motifs is 3. The summed E-state index contributed by atoms with van der Waals surface area (Å²) < 4.78 is 17.7. The fourth-order valence-corrected chi connectivity index (χ4v) is 3.50. The molecule has 3 rings (SSSR count). The van der Waals surface area contributed by atoms with Gasteiger partial charge in [0, 0.05) is 17.6 Å². The molecule has 174 valence electrons. The zero-order valence-electron chi connectivity index (χ0n) is 19.8. The van der Waals surface area contributed by atoms with E-state index < -0.39 is 12.1 Å². The van der Waals surface area contributed by atoms with Crippen molar-refractivity contribution in [2.75, 3.05) is 13.7 Å². The highest BCUT2D eigenvalue weighted by Crippen LogP contribution is 2.31. The highest BCUT2D eigenvalue weighted by molar-refractivity contribution is 6.11. The van der Waals surface area contributed by atoms with Crippen molar-refractivity contribution < 1.29 is 23.8 Å². The Morgan fingerprint density at radius 3 is 2.28 bits per heavy atom. The molecule has 0 aliphatic carbocycles. The third-order valence-electron chi connectivity index (χ3n) is 5.16. The summed E-state index contributed by atoms with van der Waals surface area (Å²) in [5.41, 5.74) is 2.09. The van der Waals surface area contributed by atoms with Gasteiger partial charge in [-0.25, -0.2) is 9.59 Å². The van der Waals surface area contributed by atoms with E-state index in [1.807, 2.05) is 47.9 Å². The molecule has 0 saturated carbocycles. The number of ether oxygens (including phenoxy) is 3. The molecule has 1 atom stereocenters. The lowest BCUT2D eigenvalue weighted by atomic mass is 10.1. The van der Waals surface area contributed by atoms with Crippen molar-refractivity contribution in [1.29, 1.82) is 0 Å². The maximum Gasteiger partial charge on any atom is 0.347 e. The highest BCUT2D eigenvalue weighted by atomic mass is 16.6. The SMILES string of the molecule is CCCCCC.CCOC(=O)c1c2ccc(OC(CC)C(=O)OC)cc2n2ccccc12. The van der Waals surface area contributed by atoms with Crippen LogP contribution in [0.2, 0.25) is 0 Å². The molecular weight excluding hydrogens is 406 g/mol. The molecule has 0 aliphatic rings. The molecule has 0 amide bonds. The Labute approximate surface area is 190 Å². The zero-order valence-corrected chi connectivity index (χ0v) is 19.8. The number of pyridine rings is 1. The minimum atomic E-state index is -0.673. The van der Waals surface area contributed by atoms with Crippen LogP contribution in [0.4, 0.5) is 0 Å². The van der Waals surface area contributed by atoms with Gasteiger partial charge in [0.05, 0.1) is 30.3 Å². The summed E-state index contributed by atoms with van der Waals surface area (Å²) >= 11 is 0. The molecule has 6 heteroatoms. The topological polar surface area (TPSA) is 66.2 Å². The predicted molar refractivity (Wildman–Crippen MR) is 127 cm³/mol. The van der Waals surface area contributed by atoms with Gasteiger partial charge in [-0.2, -0.15) is 0 Å². The quantitative estimate of drug-likeness (QED) is 0.293. The van der Waals surface area contributed by atoms with Crippen LogP contribution in [0.5, 0.6) is 5.75 Å². The molecule has 0 saturated heterocycles. The first-order chi connectivity index (χ1) is 15.5. The molecular formula is C26H35NO5. The first kappa shape index (κ1) is 25.2. The van der Waals surface area contributed by atoms with Crippen molar-refractivity contribution in [2.24, 2.45) is 0 Å². The Kier molecular flexibility index (Phi) is 10.1. The van der Waals surface area contributed by atoms with Crippen LogP contribution in [0.15, 0.2) is 42.6 Å². The molecule has 2 aromatic heterocycles. The van der Waals surface area contributed by atoms with Gasteiger partial charge in [-0.3, -0.25) is 0 Å². The van der Waals surface area contributed by atoms with Crippen LogP contribution >= 0.6 is 0 Å². The van der Waals surface area contributed by atoms with E-state index in [2.05, 4.69) is 13.8 Å². The molecule has 0 aliphatic heterocycles. The van der Waals surface area contributed by atoms with Gasteiger partial charge >= 0.3 is 11.9 Å². The fraction of sp³-hybridized carbons (Fsp3) is 0.462. The van der Waals surface area contributed by atoms with Crippen molar-refractivity contribution in [1.82, 2.24) is 4.40 Å². The van der Waals surface area contributed by atoms with Crippen LogP contribution in [-0.4, -0.2) is 36.2 Å². The van der Waals surface area contributed by atoms with Gasteiger partial charge in [0.1, 0.15) is 5.75 Å². The summed E-state index contributed by atoms with van der Waals surface area (Å²) in [5, 5.41) is 0.771. The zero-order chi connectivity index (χ0) is 23.5. The normalized spacial score (nSPS) is 11.5. The second-order valence-corrected chi connectivity index (χ2v) is 7.48. The van der Waals surface area contributed by atoms with Gasteiger partial charge in [-0.15, -0.1) is 0 Å². The monoisotopic (exact) mass is 441 g/mol. The Morgan fingerprint density at radius 2 is 1.69 bits per heavy atom. The van der Waals surface area contributed by atoms with Crippen molar-refractivity contribution in [3.05, 3.63) is 48.2 Å². The van der Waals surface area contributed by atoms with Gasteiger partial charge < -0.3 is 18.6 Å². The number of esters is 2. The van der Waals surface area contributed by atoms with Crippen molar-refractivity contribution in [2.45, 2.75) is 65.9 Å². The number of benzene rings is 1. The lowest BCUT2D eigenvalue weighted by Crippen LogP contribution is -2.27.